The maximum atomic E-state index is 11.1. The monoisotopic (exact) mass is 153 g/mol. The summed E-state index contributed by atoms with van der Waals surface area (Å²) in [5.74, 6) is 0.280. The van der Waals surface area contributed by atoms with Crippen molar-refractivity contribution in [2.75, 3.05) is 12.3 Å². The van der Waals surface area contributed by atoms with Crippen molar-refractivity contribution in [2.45, 2.75) is 6.92 Å². The highest BCUT2D eigenvalue weighted by atomic mass is 16.1. The molecule has 0 aliphatic heterocycles. The lowest BCUT2D eigenvalue weighted by Gasteiger charge is -1.98. The summed E-state index contributed by atoms with van der Waals surface area (Å²) in [5, 5.41) is 2.65. The molecule has 4 N–H and O–H groups in total. The normalized spacial score (nSPS) is 9.55. The quantitative estimate of drug-likeness (QED) is 0.573. The molecule has 0 saturated heterocycles. The SMILES string of the molecule is CCNC(=O)c1cc[nH]c1N. The number of nitrogens with one attached hydrogen (secondary N) is 2. The average Bonchev–Trinajstić information content (AvgIpc) is 2.36. The van der Waals surface area contributed by atoms with Crippen LogP contribution in [0.4, 0.5) is 5.82 Å². The van der Waals surface area contributed by atoms with E-state index >= 15 is 0 Å². The Balaban J connectivity index is 2.76. The maximum Gasteiger partial charge on any atom is 0.254 e. The van der Waals surface area contributed by atoms with Crippen molar-refractivity contribution in [1.29, 1.82) is 0 Å². The highest BCUT2D eigenvalue weighted by molar-refractivity contribution is 5.98. The van der Waals surface area contributed by atoms with Crippen LogP contribution >= 0.6 is 0 Å². The fraction of sp³-hybridized carbons (Fsp3) is 0.286. The Kier molecular flexibility index (Phi) is 2.15. The number of nitrogen functional groups attached to an aromatic ring is 1. The van der Waals surface area contributed by atoms with Crippen LogP contribution in [0.5, 0.6) is 0 Å². The molecule has 1 heterocycles. The van der Waals surface area contributed by atoms with Gasteiger partial charge < -0.3 is 16.0 Å². The van der Waals surface area contributed by atoms with Crippen LogP contribution in [0.15, 0.2) is 12.3 Å². The van der Waals surface area contributed by atoms with E-state index < -0.39 is 0 Å². The highest BCUT2D eigenvalue weighted by Gasteiger charge is 2.07. The molecular formula is C7H11N3O. The van der Waals surface area contributed by atoms with E-state index in [2.05, 4.69) is 10.3 Å². The first-order chi connectivity index (χ1) is 5.25. The van der Waals surface area contributed by atoms with Crippen LogP contribution in [-0.4, -0.2) is 17.4 Å². The van der Waals surface area contributed by atoms with Gasteiger partial charge in [0.1, 0.15) is 5.82 Å². The van der Waals surface area contributed by atoms with Gasteiger partial charge in [-0.2, -0.15) is 0 Å². The zero-order valence-corrected chi connectivity index (χ0v) is 6.35. The number of rotatable bonds is 2. The number of carbonyl (C=O) groups is 1. The lowest BCUT2D eigenvalue weighted by Crippen LogP contribution is -2.22. The van der Waals surface area contributed by atoms with Gasteiger partial charge in [0, 0.05) is 12.7 Å². The molecule has 0 radical (unpaired) electrons. The van der Waals surface area contributed by atoms with Gasteiger partial charge in [0.15, 0.2) is 0 Å². The fourth-order valence-electron chi connectivity index (χ4n) is 0.836. The van der Waals surface area contributed by atoms with E-state index in [0.717, 1.165) is 0 Å². The molecule has 11 heavy (non-hydrogen) atoms. The number of aromatic amines is 1. The van der Waals surface area contributed by atoms with Gasteiger partial charge in [0.25, 0.3) is 5.91 Å². The second-order valence-corrected chi connectivity index (χ2v) is 2.16. The summed E-state index contributed by atoms with van der Waals surface area (Å²) in [6.45, 7) is 2.48. The van der Waals surface area contributed by atoms with Crippen molar-refractivity contribution in [3.63, 3.8) is 0 Å². The number of H-pyrrole nitrogens is 1. The molecule has 4 heteroatoms. The summed E-state index contributed by atoms with van der Waals surface area (Å²) in [7, 11) is 0. The van der Waals surface area contributed by atoms with E-state index in [0.29, 0.717) is 17.9 Å². The Labute approximate surface area is 64.8 Å². The van der Waals surface area contributed by atoms with Crippen molar-refractivity contribution in [1.82, 2.24) is 10.3 Å². The third-order valence-electron chi connectivity index (χ3n) is 1.36. The van der Waals surface area contributed by atoms with Crippen LogP contribution in [0, 0.1) is 0 Å². The molecule has 1 aromatic rings. The lowest BCUT2D eigenvalue weighted by molar-refractivity contribution is 0.0957. The Bertz CT molecular complexity index is 254. The second kappa shape index (κ2) is 3.09. The first kappa shape index (κ1) is 7.65. The van der Waals surface area contributed by atoms with Gasteiger partial charge in [-0.05, 0) is 13.0 Å². The van der Waals surface area contributed by atoms with Crippen molar-refractivity contribution < 1.29 is 4.79 Å². The van der Waals surface area contributed by atoms with E-state index in [1.807, 2.05) is 6.92 Å². The van der Waals surface area contributed by atoms with Gasteiger partial charge in [-0.1, -0.05) is 0 Å². The smallest absolute Gasteiger partial charge is 0.254 e. The first-order valence-corrected chi connectivity index (χ1v) is 3.46. The van der Waals surface area contributed by atoms with Crippen molar-refractivity contribution >= 4 is 11.7 Å². The molecule has 0 atom stereocenters. The highest BCUT2D eigenvalue weighted by Crippen LogP contribution is 2.06. The third kappa shape index (κ3) is 1.52. The zero-order valence-electron chi connectivity index (χ0n) is 6.35. The molecule has 0 aliphatic rings. The lowest BCUT2D eigenvalue weighted by atomic mass is 10.3. The zero-order chi connectivity index (χ0) is 8.27. The van der Waals surface area contributed by atoms with Gasteiger partial charge in [0.05, 0.1) is 5.56 Å². The van der Waals surface area contributed by atoms with Crippen molar-refractivity contribution in [3.8, 4) is 0 Å². The Morgan fingerprint density at radius 3 is 3.00 bits per heavy atom. The minimum Gasteiger partial charge on any atom is -0.385 e. The molecule has 0 saturated carbocycles. The molecule has 0 fully saturated rings. The number of carbonyl (C=O) groups excluding carboxylic acids is 1. The van der Waals surface area contributed by atoms with E-state index in [1.165, 1.54) is 0 Å². The van der Waals surface area contributed by atoms with Gasteiger partial charge in [-0.15, -0.1) is 0 Å². The van der Waals surface area contributed by atoms with Crippen molar-refractivity contribution in [3.05, 3.63) is 17.8 Å². The maximum absolute atomic E-state index is 11.1. The summed E-state index contributed by atoms with van der Waals surface area (Å²) >= 11 is 0. The van der Waals surface area contributed by atoms with Crippen LogP contribution < -0.4 is 11.1 Å². The number of amides is 1. The standard InChI is InChI=1S/C7H11N3O/c1-2-9-7(11)5-3-4-10-6(5)8/h3-4,10H,2,8H2,1H3,(H,9,11). The second-order valence-electron chi connectivity index (χ2n) is 2.16. The fourth-order valence-corrected chi connectivity index (χ4v) is 0.836. The van der Waals surface area contributed by atoms with Gasteiger partial charge in [0.2, 0.25) is 0 Å². The van der Waals surface area contributed by atoms with Crippen LogP contribution in [0.3, 0.4) is 0 Å². The van der Waals surface area contributed by atoms with Crippen LogP contribution in [0.25, 0.3) is 0 Å². The molecule has 0 aromatic carbocycles. The molecule has 0 aliphatic carbocycles. The summed E-state index contributed by atoms with van der Waals surface area (Å²) in [5.41, 5.74) is 5.96. The van der Waals surface area contributed by atoms with Gasteiger partial charge >= 0.3 is 0 Å². The molecule has 1 amide bonds. The minimum atomic E-state index is -0.133. The predicted molar refractivity (Wildman–Crippen MR) is 43.2 cm³/mol. The molecule has 1 rings (SSSR count). The number of hydrogen-bond donors (Lipinski definition) is 3. The molecule has 1 aromatic heterocycles. The molecule has 0 unspecified atom stereocenters. The van der Waals surface area contributed by atoms with Crippen LogP contribution in [-0.2, 0) is 0 Å². The van der Waals surface area contributed by atoms with E-state index in [9.17, 15) is 4.79 Å². The number of hydrogen-bond acceptors (Lipinski definition) is 2. The van der Waals surface area contributed by atoms with Gasteiger partial charge in [-0.3, -0.25) is 4.79 Å². The summed E-state index contributed by atoms with van der Waals surface area (Å²) in [6, 6.07) is 1.65. The predicted octanol–water partition coefficient (Wildman–Crippen LogP) is 0.347. The summed E-state index contributed by atoms with van der Waals surface area (Å²) in [6.07, 6.45) is 1.64. The van der Waals surface area contributed by atoms with E-state index in [-0.39, 0.29) is 5.91 Å². The number of nitrogens with two attached hydrogens (primary N) is 1. The van der Waals surface area contributed by atoms with E-state index in [4.69, 9.17) is 5.73 Å². The molecule has 60 valence electrons. The van der Waals surface area contributed by atoms with Crippen LogP contribution in [0.1, 0.15) is 17.3 Å². The molecule has 0 bridgehead atoms. The van der Waals surface area contributed by atoms with E-state index in [1.54, 1.807) is 12.3 Å². The number of aromatic nitrogens is 1. The summed E-state index contributed by atoms with van der Waals surface area (Å²) < 4.78 is 0. The Morgan fingerprint density at radius 1 is 1.82 bits per heavy atom. The third-order valence-corrected chi connectivity index (χ3v) is 1.36. The molecule has 0 spiro atoms. The summed E-state index contributed by atoms with van der Waals surface area (Å²) in [4.78, 5) is 13.8. The molecular weight excluding hydrogens is 142 g/mol. The van der Waals surface area contributed by atoms with Crippen LogP contribution in [0.2, 0.25) is 0 Å². The van der Waals surface area contributed by atoms with Gasteiger partial charge in [-0.25, -0.2) is 0 Å². The minimum absolute atomic E-state index is 0.133. The Morgan fingerprint density at radius 2 is 2.55 bits per heavy atom. The number of anilines is 1. The van der Waals surface area contributed by atoms with Crippen molar-refractivity contribution in [2.24, 2.45) is 0 Å². The average molecular weight is 153 g/mol. The Hall–Kier alpha value is -1.45. The largest absolute Gasteiger partial charge is 0.385 e. The molecule has 4 nitrogen and oxygen atoms in total. The first-order valence-electron chi connectivity index (χ1n) is 3.46. The topological polar surface area (TPSA) is 70.9 Å².